The van der Waals surface area contributed by atoms with Crippen LogP contribution in [0.4, 0.5) is 0 Å². The van der Waals surface area contributed by atoms with Gasteiger partial charge in [0.1, 0.15) is 5.75 Å². The summed E-state index contributed by atoms with van der Waals surface area (Å²) in [5.74, 6) is 1.01. The maximum atomic E-state index is 5.67. The molecule has 1 atom stereocenters. The second-order valence-corrected chi connectivity index (χ2v) is 4.63. The molecule has 94 valence electrons. The highest BCUT2D eigenvalue weighted by molar-refractivity contribution is 5.36. The summed E-state index contributed by atoms with van der Waals surface area (Å²) in [5.41, 5.74) is 2.87. The van der Waals surface area contributed by atoms with Crippen molar-refractivity contribution in [3.8, 4) is 5.75 Å². The van der Waals surface area contributed by atoms with Crippen LogP contribution in [0.5, 0.6) is 5.75 Å². The number of aryl methyl sites for hydroxylation is 2. The van der Waals surface area contributed by atoms with Crippen molar-refractivity contribution in [3.05, 3.63) is 29.3 Å². The van der Waals surface area contributed by atoms with Gasteiger partial charge >= 0.3 is 0 Å². The van der Waals surface area contributed by atoms with Gasteiger partial charge in [0.05, 0.1) is 19.3 Å². The molecule has 17 heavy (non-hydrogen) atoms. The Bertz CT molecular complexity index is 356. The van der Waals surface area contributed by atoms with Gasteiger partial charge < -0.3 is 9.47 Å². The molecular weight excluding hydrogens is 212 g/mol. The van der Waals surface area contributed by atoms with Crippen molar-refractivity contribution < 1.29 is 9.47 Å². The zero-order chi connectivity index (χ0) is 12.1. The first-order chi connectivity index (χ1) is 8.33. The second-order valence-electron chi connectivity index (χ2n) is 4.63. The van der Waals surface area contributed by atoms with E-state index in [1.54, 1.807) is 0 Å². The van der Waals surface area contributed by atoms with E-state index in [4.69, 9.17) is 9.47 Å². The van der Waals surface area contributed by atoms with E-state index in [9.17, 15) is 0 Å². The third kappa shape index (κ3) is 3.74. The Labute approximate surface area is 104 Å². The Morgan fingerprint density at radius 3 is 2.76 bits per heavy atom. The van der Waals surface area contributed by atoms with Crippen LogP contribution in [-0.2, 0) is 17.6 Å². The SMILES string of the molecule is CCCOc1ccc(CCC2CO2)c(CC)c1. The second kappa shape index (κ2) is 6.06. The van der Waals surface area contributed by atoms with E-state index in [1.807, 2.05) is 0 Å². The summed E-state index contributed by atoms with van der Waals surface area (Å²) in [5, 5.41) is 0. The Hall–Kier alpha value is -1.02. The van der Waals surface area contributed by atoms with E-state index in [-0.39, 0.29) is 0 Å². The average molecular weight is 234 g/mol. The minimum Gasteiger partial charge on any atom is -0.494 e. The number of hydrogen-bond acceptors (Lipinski definition) is 2. The standard InChI is InChI=1S/C15H22O2/c1-3-9-16-14-7-5-13(12(4-2)10-14)6-8-15-11-17-15/h5,7,10,15H,3-4,6,8-9,11H2,1-2H3. The predicted molar refractivity (Wildman–Crippen MR) is 69.7 cm³/mol. The van der Waals surface area contributed by atoms with Crippen molar-refractivity contribution in [2.45, 2.75) is 45.6 Å². The monoisotopic (exact) mass is 234 g/mol. The number of rotatable bonds is 7. The molecule has 1 aliphatic heterocycles. The summed E-state index contributed by atoms with van der Waals surface area (Å²) < 4.78 is 10.9. The van der Waals surface area contributed by atoms with Crippen LogP contribution in [0, 0.1) is 0 Å². The fourth-order valence-electron chi connectivity index (χ4n) is 2.04. The van der Waals surface area contributed by atoms with Crippen LogP contribution >= 0.6 is 0 Å². The normalized spacial score (nSPS) is 18.1. The molecule has 1 saturated heterocycles. The first-order valence-electron chi connectivity index (χ1n) is 6.69. The Balaban J connectivity index is 1.98. The molecule has 0 amide bonds. The average Bonchev–Trinajstić information content (AvgIpc) is 3.18. The van der Waals surface area contributed by atoms with Crippen molar-refractivity contribution in [2.24, 2.45) is 0 Å². The van der Waals surface area contributed by atoms with Gasteiger partial charge in [-0.25, -0.2) is 0 Å². The molecule has 0 bridgehead atoms. The molecule has 1 aromatic carbocycles. The highest BCUT2D eigenvalue weighted by Gasteiger charge is 2.21. The Morgan fingerprint density at radius 2 is 2.12 bits per heavy atom. The van der Waals surface area contributed by atoms with Gasteiger partial charge in [-0.1, -0.05) is 19.9 Å². The number of benzene rings is 1. The summed E-state index contributed by atoms with van der Waals surface area (Å²) >= 11 is 0. The van der Waals surface area contributed by atoms with Crippen molar-refractivity contribution in [1.82, 2.24) is 0 Å². The molecule has 1 heterocycles. The molecule has 2 rings (SSSR count). The van der Waals surface area contributed by atoms with Gasteiger partial charge in [-0.2, -0.15) is 0 Å². The minimum absolute atomic E-state index is 0.524. The molecule has 0 aromatic heterocycles. The lowest BCUT2D eigenvalue weighted by Gasteiger charge is -2.11. The first kappa shape index (κ1) is 12.4. The summed E-state index contributed by atoms with van der Waals surface area (Å²) in [4.78, 5) is 0. The van der Waals surface area contributed by atoms with Gasteiger partial charge in [0.15, 0.2) is 0 Å². The highest BCUT2D eigenvalue weighted by atomic mass is 16.6. The van der Waals surface area contributed by atoms with Gasteiger partial charge in [-0.3, -0.25) is 0 Å². The quantitative estimate of drug-likeness (QED) is 0.675. The van der Waals surface area contributed by atoms with Crippen LogP contribution in [0.3, 0.4) is 0 Å². The molecule has 1 fully saturated rings. The molecule has 1 aliphatic rings. The summed E-state index contributed by atoms with van der Waals surface area (Å²) in [7, 11) is 0. The lowest BCUT2D eigenvalue weighted by atomic mass is 10.00. The third-order valence-corrected chi connectivity index (χ3v) is 3.17. The molecule has 0 spiro atoms. The molecule has 0 N–H and O–H groups in total. The minimum atomic E-state index is 0.524. The molecule has 1 aromatic rings. The van der Waals surface area contributed by atoms with Crippen LogP contribution in [0.25, 0.3) is 0 Å². The highest BCUT2D eigenvalue weighted by Crippen LogP contribution is 2.23. The van der Waals surface area contributed by atoms with Crippen molar-refractivity contribution in [3.63, 3.8) is 0 Å². The van der Waals surface area contributed by atoms with Crippen molar-refractivity contribution >= 4 is 0 Å². The smallest absolute Gasteiger partial charge is 0.119 e. The molecule has 0 aliphatic carbocycles. The van der Waals surface area contributed by atoms with Gasteiger partial charge in [0.25, 0.3) is 0 Å². The molecule has 0 saturated carbocycles. The maximum absolute atomic E-state index is 5.67. The summed E-state index contributed by atoms with van der Waals surface area (Å²) in [6.45, 7) is 6.10. The van der Waals surface area contributed by atoms with Gasteiger partial charge in [-0.15, -0.1) is 0 Å². The van der Waals surface area contributed by atoms with E-state index >= 15 is 0 Å². The van der Waals surface area contributed by atoms with Crippen molar-refractivity contribution in [1.29, 1.82) is 0 Å². The van der Waals surface area contributed by atoms with Gasteiger partial charge in [-0.05, 0) is 48.9 Å². The van der Waals surface area contributed by atoms with Crippen LogP contribution in [0.2, 0.25) is 0 Å². The number of ether oxygens (including phenoxy) is 2. The fourth-order valence-corrected chi connectivity index (χ4v) is 2.04. The van der Waals surface area contributed by atoms with Crippen LogP contribution < -0.4 is 4.74 Å². The zero-order valence-electron chi connectivity index (χ0n) is 10.9. The van der Waals surface area contributed by atoms with Crippen molar-refractivity contribution in [2.75, 3.05) is 13.2 Å². The molecule has 2 nitrogen and oxygen atoms in total. The summed E-state index contributed by atoms with van der Waals surface area (Å²) in [6.07, 6.45) is 4.94. The third-order valence-electron chi connectivity index (χ3n) is 3.17. The lowest BCUT2D eigenvalue weighted by Crippen LogP contribution is -1.99. The molecule has 0 radical (unpaired) electrons. The first-order valence-corrected chi connectivity index (χ1v) is 6.69. The van der Waals surface area contributed by atoms with E-state index in [2.05, 4.69) is 32.0 Å². The number of epoxide rings is 1. The van der Waals surface area contributed by atoms with Crippen LogP contribution in [-0.4, -0.2) is 19.3 Å². The number of hydrogen-bond donors (Lipinski definition) is 0. The zero-order valence-corrected chi connectivity index (χ0v) is 10.9. The Kier molecular flexibility index (Phi) is 4.43. The van der Waals surface area contributed by atoms with Gasteiger partial charge in [0, 0.05) is 0 Å². The van der Waals surface area contributed by atoms with Gasteiger partial charge in [0.2, 0.25) is 0 Å². The van der Waals surface area contributed by atoms with Crippen LogP contribution in [0.15, 0.2) is 18.2 Å². The van der Waals surface area contributed by atoms with E-state index in [0.717, 1.165) is 44.6 Å². The molecular formula is C15H22O2. The largest absolute Gasteiger partial charge is 0.494 e. The lowest BCUT2D eigenvalue weighted by molar-refractivity contribution is 0.317. The Morgan fingerprint density at radius 1 is 1.29 bits per heavy atom. The maximum Gasteiger partial charge on any atom is 0.119 e. The molecule has 1 unspecified atom stereocenters. The predicted octanol–water partition coefficient (Wildman–Crippen LogP) is 3.37. The molecule has 2 heteroatoms. The van der Waals surface area contributed by atoms with Crippen LogP contribution in [0.1, 0.15) is 37.8 Å². The topological polar surface area (TPSA) is 21.8 Å². The fraction of sp³-hybridized carbons (Fsp3) is 0.600. The van der Waals surface area contributed by atoms with E-state index < -0.39 is 0 Å². The summed E-state index contributed by atoms with van der Waals surface area (Å²) in [6, 6.07) is 6.50. The van der Waals surface area contributed by atoms with E-state index in [1.165, 1.54) is 11.1 Å². The van der Waals surface area contributed by atoms with E-state index in [0.29, 0.717) is 6.10 Å².